The molecule has 1 N–H and O–H groups in total. The minimum absolute atomic E-state index is 0.897. The summed E-state index contributed by atoms with van der Waals surface area (Å²) in [5.41, 5.74) is 0. The maximum absolute atomic E-state index is 3.88. The van der Waals surface area contributed by atoms with Gasteiger partial charge >= 0.3 is 0 Å². The van der Waals surface area contributed by atoms with Crippen molar-refractivity contribution in [2.45, 2.75) is 51.0 Å². The lowest BCUT2D eigenvalue weighted by Gasteiger charge is -2.32. The summed E-state index contributed by atoms with van der Waals surface area (Å²) in [6, 6.07) is 0.897. The van der Waals surface area contributed by atoms with Gasteiger partial charge < -0.3 is 5.32 Å². The van der Waals surface area contributed by atoms with Gasteiger partial charge in [-0.05, 0) is 80.7 Å². The predicted molar refractivity (Wildman–Crippen MR) is 76.5 cm³/mol. The number of thioether (sulfide) groups is 1. The molecule has 0 aromatic rings. The summed E-state index contributed by atoms with van der Waals surface area (Å²) in [6.07, 6.45) is 12.7. The third-order valence-electron chi connectivity index (χ3n) is 5.61. The van der Waals surface area contributed by atoms with Crippen LogP contribution in [0.3, 0.4) is 0 Å². The van der Waals surface area contributed by atoms with E-state index in [1.54, 1.807) is 19.3 Å². The van der Waals surface area contributed by atoms with Crippen LogP contribution in [0.15, 0.2) is 0 Å². The molecule has 0 saturated heterocycles. The van der Waals surface area contributed by atoms with Gasteiger partial charge in [0.15, 0.2) is 0 Å². The van der Waals surface area contributed by atoms with E-state index in [-0.39, 0.29) is 0 Å². The van der Waals surface area contributed by atoms with E-state index in [1.165, 1.54) is 38.0 Å². The molecule has 0 heterocycles. The molecule has 3 aliphatic rings. The highest BCUT2D eigenvalue weighted by molar-refractivity contribution is 7.98. The molecule has 0 aliphatic heterocycles. The van der Waals surface area contributed by atoms with E-state index in [0.717, 1.165) is 29.7 Å². The second kappa shape index (κ2) is 5.52. The number of nitrogens with one attached hydrogen (secondary N) is 1. The zero-order valence-corrected chi connectivity index (χ0v) is 12.0. The van der Waals surface area contributed by atoms with Crippen LogP contribution >= 0.6 is 11.8 Å². The van der Waals surface area contributed by atoms with E-state index in [1.807, 2.05) is 11.8 Å². The zero-order valence-electron chi connectivity index (χ0n) is 11.2. The lowest BCUT2D eigenvalue weighted by molar-refractivity contribution is 0.209. The summed E-state index contributed by atoms with van der Waals surface area (Å²) >= 11 is 1.98. The fraction of sp³-hybridized carbons (Fsp3) is 1.00. The molecular weight excluding hydrogens is 226 g/mol. The fourth-order valence-corrected chi connectivity index (χ4v) is 5.45. The molecule has 0 spiro atoms. The molecule has 5 unspecified atom stereocenters. The molecule has 0 aromatic heterocycles. The van der Waals surface area contributed by atoms with Crippen molar-refractivity contribution in [1.29, 1.82) is 0 Å². The number of hydrogen-bond acceptors (Lipinski definition) is 2. The van der Waals surface area contributed by atoms with Crippen molar-refractivity contribution in [3.63, 3.8) is 0 Å². The van der Waals surface area contributed by atoms with Crippen LogP contribution in [0.25, 0.3) is 0 Å². The zero-order chi connectivity index (χ0) is 11.7. The van der Waals surface area contributed by atoms with Gasteiger partial charge in [0.1, 0.15) is 0 Å². The largest absolute Gasteiger partial charge is 0.314 e. The molecule has 0 aromatic carbocycles. The van der Waals surface area contributed by atoms with Gasteiger partial charge in [0.05, 0.1) is 0 Å². The topological polar surface area (TPSA) is 12.0 Å². The Kier molecular flexibility index (Phi) is 4.01. The van der Waals surface area contributed by atoms with Gasteiger partial charge in [0.2, 0.25) is 0 Å². The van der Waals surface area contributed by atoms with Gasteiger partial charge in [-0.2, -0.15) is 11.8 Å². The lowest BCUT2D eigenvalue weighted by Crippen LogP contribution is -2.39. The molecule has 5 atom stereocenters. The highest BCUT2D eigenvalue weighted by Gasteiger charge is 2.53. The van der Waals surface area contributed by atoms with Gasteiger partial charge in [0, 0.05) is 6.04 Å². The summed E-state index contributed by atoms with van der Waals surface area (Å²) in [4.78, 5) is 0. The second-order valence-corrected chi connectivity index (χ2v) is 7.40. The van der Waals surface area contributed by atoms with Crippen molar-refractivity contribution in [1.82, 2.24) is 5.32 Å². The Morgan fingerprint density at radius 2 is 1.94 bits per heavy atom. The molecule has 0 amide bonds. The summed E-state index contributed by atoms with van der Waals surface area (Å²) in [6.45, 7) is 1.27. The van der Waals surface area contributed by atoms with Crippen molar-refractivity contribution in [2.75, 3.05) is 18.6 Å². The summed E-state index contributed by atoms with van der Waals surface area (Å²) in [7, 11) is 0. The number of hydrogen-bond donors (Lipinski definition) is 1. The Labute approximate surface area is 111 Å². The Hall–Kier alpha value is 0.310. The molecule has 3 fully saturated rings. The normalized spacial score (nSPS) is 43.2. The molecular formula is C15H27NS. The third-order valence-corrected chi connectivity index (χ3v) is 6.31. The van der Waals surface area contributed by atoms with Gasteiger partial charge in [-0.1, -0.05) is 6.42 Å². The van der Waals surface area contributed by atoms with Gasteiger partial charge in [0.25, 0.3) is 0 Å². The van der Waals surface area contributed by atoms with E-state index >= 15 is 0 Å². The Bertz CT molecular complexity index is 255. The molecule has 3 rings (SSSR count). The van der Waals surface area contributed by atoms with Crippen LogP contribution in [-0.2, 0) is 0 Å². The Balaban J connectivity index is 1.41. The van der Waals surface area contributed by atoms with Crippen molar-refractivity contribution in [3.8, 4) is 0 Å². The van der Waals surface area contributed by atoms with Crippen LogP contribution in [0.4, 0.5) is 0 Å². The van der Waals surface area contributed by atoms with E-state index in [9.17, 15) is 0 Å². The van der Waals surface area contributed by atoms with Gasteiger partial charge in [-0.25, -0.2) is 0 Å². The number of fused-ring (bicyclic) bond motifs is 5. The van der Waals surface area contributed by atoms with Crippen molar-refractivity contribution < 1.29 is 0 Å². The maximum Gasteiger partial charge on any atom is 0.0101 e. The monoisotopic (exact) mass is 253 g/mol. The lowest BCUT2D eigenvalue weighted by atomic mass is 9.79. The Morgan fingerprint density at radius 1 is 1.06 bits per heavy atom. The average molecular weight is 253 g/mol. The molecule has 2 bridgehead atoms. The maximum atomic E-state index is 3.88. The first-order valence-electron chi connectivity index (χ1n) is 7.62. The van der Waals surface area contributed by atoms with Crippen LogP contribution in [-0.4, -0.2) is 24.6 Å². The molecule has 98 valence electrons. The minimum atomic E-state index is 0.897. The first kappa shape index (κ1) is 12.3. The van der Waals surface area contributed by atoms with E-state index in [0.29, 0.717) is 0 Å². The molecule has 2 heteroatoms. The predicted octanol–water partition coefficient (Wildman–Crippen LogP) is 3.54. The molecule has 17 heavy (non-hydrogen) atoms. The minimum Gasteiger partial charge on any atom is -0.314 e. The second-order valence-electron chi connectivity index (χ2n) is 6.41. The first-order chi connectivity index (χ1) is 8.40. The standard InChI is InChI=1S/C15H27NS/c1-17-8-3-2-7-16-15-10-11-9-14(15)13-6-4-5-12(11)13/h11-16H,2-10H2,1H3. The molecule has 0 radical (unpaired) electrons. The molecule has 3 aliphatic carbocycles. The molecule has 1 nitrogen and oxygen atoms in total. The van der Waals surface area contributed by atoms with E-state index in [2.05, 4.69) is 11.6 Å². The van der Waals surface area contributed by atoms with Crippen molar-refractivity contribution in [2.24, 2.45) is 23.7 Å². The third kappa shape index (κ3) is 2.40. The van der Waals surface area contributed by atoms with Crippen LogP contribution in [0, 0.1) is 23.7 Å². The summed E-state index contributed by atoms with van der Waals surface area (Å²) in [5.74, 6) is 5.78. The molecule has 3 saturated carbocycles. The van der Waals surface area contributed by atoms with Crippen molar-refractivity contribution in [3.05, 3.63) is 0 Å². The van der Waals surface area contributed by atoms with E-state index in [4.69, 9.17) is 0 Å². The first-order valence-corrected chi connectivity index (χ1v) is 9.02. The summed E-state index contributed by atoms with van der Waals surface area (Å²) < 4.78 is 0. The van der Waals surface area contributed by atoms with E-state index < -0.39 is 0 Å². The smallest absolute Gasteiger partial charge is 0.0101 e. The van der Waals surface area contributed by atoms with Crippen LogP contribution in [0.2, 0.25) is 0 Å². The highest BCUT2D eigenvalue weighted by atomic mass is 32.2. The Morgan fingerprint density at radius 3 is 2.82 bits per heavy atom. The highest BCUT2D eigenvalue weighted by Crippen LogP contribution is 2.58. The van der Waals surface area contributed by atoms with Crippen LogP contribution < -0.4 is 5.32 Å². The van der Waals surface area contributed by atoms with Gasteiger partial charge in [-0.3, -0.25) is 0 Å². The van der Waals surface area contributed by atoms with Gasteiger partial charge in [-0.15, -0.1) is 0 Å². The summed E-state index contributed by atoms with van der Waals surface area (Å²) in [5, 5.41) is 3.88. The fourth-order valence-electron chi connectivity index (χ4n) is 4.96. The van der Waals surface area contributed by atoms with Crippen LogP contribution in [0.1, 0.15) is 44.9 Å². The van der Waals surface area contributed by atoms with Crippen LogP contribution in [0.5, 0.6) is 0 Å². The quantitative estimate of drug-likeness (QED) is 0.727. The number of rotatable bonds is 6. The average Bonchev–Trinajstić information content (AvgIpc) is 3.00. The number of unbranched alkanes of at least 4 members (excludes halogenated alkanes) is 1. The van der Waals surface area contributed by atoms with Crippen molar-refractivity contribution >= 4 is 11.8 Å². The SMILES string of the molecule is CSCCCCNC1CC2CC1C1CCCC21.